The molecule has 0 unspecified atom stereocenters. The van der Waals surface area contributed by atoms with Crippen LogP contribution in [0.25, 0.3) is 0 Å². The van der Waals surface area contributed by atoms with E-state index in [9.17, 15) is 4.79 Å². The number of nitrogens with zero attached hydrogens (tertiary/aromatic N) is 2. The fourth-order valence-corrected chi connectivity index (χ4v) is 3.70. The molecule has 0 radical (unpaired) electrons. The summed E-state index contributed by atoms with van der Waals surface area (Å²) < 4.78 is 10.8. The van der Waals surface area contributed by atoms with Gasteiger partial charge in [0.05, 0.1) is 18.7 Å². The summed E-state index contributed by atoms with van der Waals surface area (Å²) in [5.74, 6) is 0.752. The van der Waals surface area contributed by atoms with Gasteiger partial charge in [0.1, 0.15) is 0 Å². The molecule has 1 N–H and O–H groups in total. The van der Waals surface area contributed by atoms with Gasteiger partial charge in [-0.3, -0.25) is 9.69 Å². The second-order valence-electron chi connectivity index (χ2n) is 6.84. The van der Waals surface area contributed by atoms with E-state index in [1.54, 1.807) is 12.1 Å². The van der Waals surface area contributed by atoms with Gasteiger partial charge in [-0.1, -0.05) is 29.8 Å². The molecule has 1 fully saturated rings. The number of ether oxygens (including phenoxy) is 2. The molecule has 1 aliphatic rings. The minimum absolute atomic E-state index is 0.170. The van der Waals surface area contributed by atoms with E-state index >= 15 is 0 Å². The van der Waals surface area contributed by atoms with Crippen molar-refractivity contribution in [3.63, 3.8) is 0 Å². The van der Waals surface area contributed by atoms with Crippen molar-refractivity contribution >= 4 is 23.2 Å². The average molecular weight is 418 g/mol. The van der Waals surface area contributed by atoms with Crippen LogP contribution < -0.4 is 19.7 Å². The van der Waals surface area contributed by atoms with Gasteiger partial charge < -0.3 is 19.7 Å². The average Bonchev–Trinajstić information content (AvgIpc) is 2.76. The van der Waals surface area contributed by atoms with Crippen molar-refractivity contribution in [2.24, 2.45) is 0 Å². The molecule has 0 aliphatic carbocycles. The molecule has 0 bridgehead atoms. The van der Waals surface area contributed by atoms with Crippen molar-refractivity contribution < 1.29 is 14.3 Å². The number of benzene rings is 2. The van der Waals surface area contributed by atoms with Crippen LogP contribution >= 0.6 is 11.6 Å². The number of hydrogen-bond acceptors (Lipinski definition) is 5. The van der Waals surface area contributed by atoms with Crippen LogP contribution in [0.5, 0.6) is 11.5 Å². The molecular weight excluding hydrogens is 390 g/mol. The van der Waals surface area contributed by atoms with Crippen LogP contribution in [0.4, 0.5) is 5.69 Å². The summed E-state index contributed by atoms with van der Waals surface area (Å²) in [6, 6.07) is 13.7. The van der Waals surface area contributed by atoms with Crippen LogP contribution in [0, 0.1) is 0 Å². The number of methoxy groups -OCH3 is 1. The van der Waals surface area contributed by atoms with E-state index in [0.717, 1.165) is 32.7 Å². The normalized spacial score (nSPS) is 14.5. The van der Waals surface area contributed by atoms with E-state index < -0.39 is 0 Å². The molecule has 1 heterocycles. The number of para-hydroxylation sites is 1. The number of halogens is 1. The third kappa shape index (κ3) is 5.55. The highest BCUT2D eigenvalue weighted by Crippen LogP contribution is 2.36. The highest BCUT2D eigenvalue weighted by atomic mass is 35.5. The lowest BCUT2D eigenvalue weighted by Gasteiger charge is -2.36. The maximum Gasteiger partial charge on any atom is 0.251 e. The van der Waals surface area contributed by atoms with E-state index in [0.29, 0.717) is 35.2 Å². The fraction of sp³-hybridized carbons (Fsp3) is 0.409. The van der Waals surface area contributed by atoms with Gasteiger partial charge >= 0.3 is 0 Å². The van der Waals surface area contributed by atoms with Crippen molar-refractivity contribution in [3.8, 4) is 11.5 Å². The van der Waals surface area contributed by atoms with Crippen molar-refractivity contribution in [3.05, 3.63) is 53.1 Å². The third-order valence-electron chi connectivity index (χ3n) is 4.99. The Balaban J connectivity index is 1.47. The lowest BCUT2D eigenvalue weighted by molar-refractivity contribution is 0.0947. The maximum absolute atomic E-state index is 12.5. The molecule has 3 rings (SSSR count). The Kier molecular flexibility index (Phi) is 7.61. The van der Waals surface area contributed by atoms with Crippen molar-refractivity contribution in [1.82, 2.24) is 10.2 Å². The molecule has 29 heavy (non-hydrogen) atoms. The molecule has 2 aromatic rings. The van der Waals surface area contributed by atoms with Gasteiger partial charge in [0.2, 0.25) is 0 Å². The van der Waals surface area contributed by atoms with E-state index in [-0.39, 0.29) is 5.91 Å². The minimum atomic E-state index is -0.170. The summed E-state index contributed by atoms with van der Waals surface area (Å²) in [6.07, 6.45) is 0. The molecule has 0 spiro atoms. The van der Waals surface area contributed by atoms with Gasteiger partial charge in [-0.15, -0.1) is 0 Å². The Morgan fingerprint density at radius 1 is 1.14 bits per heavy atom. The highest BCUT2D eigenvalue weighted by Gasteiger charge is 2.18. The number of rotatable bonds is 8. The second kappa shape index (κ2) is 10.4. The molecule has 156 valence electrons. The van der Waals surface area contributed by atoms with Crippen molar-refractivity contribution in [2.75, 3.05) is 57.9 Å². The molecule has 2 aromatic carbocycles. The summed E-state index contributed by atoms with van der Waals surface area (Å²) in [4.78, 5) is 17.3. The summed E-state index contributed by atoms with van der Waals surface area (Å²) in [5.41, 5.74) is 1.73. The first-order valence-electron chi connectivity index (χ1n) is 9.93. The van der Waals surface area contributed by atoms with Gasteiger partial charge in [0.25, 0.3) is 5.91 Å². The first-order chi connectivity index (χ1) is 14.1. The lowest BCUT2D eigenvalue weighted by atomic mass is 10.2. The Hall–Kier alpha value is -2.44. The summed E-state index contributed by atoms with van der Waals surface area (Å²) in [6.45, 7) is 7.68. The van der Waals surface area contributed by atoms with Crippen LogP contribution in [0.15, 0.2) is 42.5 Å². The number of carbonyl (C=O) groups excluding carboxylic acids is 1. The molecule has 0 aromatic heterocycles. The zero-order chi connectivity index (χ0) is 20.6. The number of anilines is 1. The summed E-state index contributed by atoms with van der Waals surface area (Å²) in [7, 11) is 1.53. The Morgan fingerprint density at radius 3 is 2.52 bits per heavy atom. The number of amides is 1. The predicted molar refractivity (Wildman–Crippen MR) is 117 cm³/mol. The smallest absolute Gasteiger partial charge is 0.251 e. The standard InChI is InChI=1S/C22H28ClN3O3/c1-3-29-21-19(23)15-17(16-20(21)28-2)22(27)24-9-10-25-11-13-26(14-12-25)18-7-5-4-6-8-18/h4-8,15-16H,3,9-14H2,1-2H3,(H,24,27). The van der Waals surface area contributed by atoms with E-state index in [1.165, 1.54) is 12.8 Å². The highest BCUT2D eigenvalue weighted by molar-refractivity contribution is 6.32. The molecule has 1 saturated heterocycles. The molecule has 6 nitrogen and oxygen atoms in total. The van der Waals surface area contributed by atoms with Crippen LogP contribution in [0.2, 0.25) is 5.02 Å². The van der Waals surface area contributed by atoms with E-state index in [2.05, 4.69) is 39.4 Å². The van der Waals surface area contributed by atoms with Crippen molar-refractivity contribution in [1.29, 1.82) is 0 Å². The maximum atomic E-state index is 12.5. The van der Waals surface area contributed by atoms with Gasteiger partial charge in [0, 0.05) is 50.5 Å². The van der Waals surface area contributed by atoms with Gasteiger partial charge in [0.15, 0.2) is 11.5 Å². The van der Waals surface area contributed by atoms with Crippen molar-refractivity contribution in [2.45, 2.75) is 6.92 Å². The third-order valence-corrected chi connectivity index (χ3v) is 5.27. The largest absolute Gasteiger partial charge is 0.493 e. The number of carbonyl (C=O) groups is 1. The van der Waals surface area contributed by atoms with Gasteiger partial charge in [-0.25, -0.2) is 0 Å². The molecule has 0 saturated carbocycles. The quantitative estimate of drug-likeness (QED) is 0.714. The molecule has 1 aliphatic heterocycles. The lowest BCUT2D eigenvalue weighted by Crippen LogP contribution is -2.48. The van der Waals surface area contributed by atoms with Gasteiger partial charge in [-0.05, 0) is 31.2 Å². The zero-order valence-corrected chi connectivity index (χ0v) is 17.7. The molecular formula is C22H28ClN3O3. The number of piperazine rings is 1. The summed E-state index contributed by atoms with van der Waals surface area (Å²) in [5, 5.41) is 3.34. The first kappa shape index (κ1) is 21.3. The number of nitrogens with one attached hydrogen (secondary N) is 1. The zero-order valence-electron chi connectivity index (χ0n) is 17.0. The topological polar surface area (TPSA) is 54.0 Å². The Morgan fingerprint density at radius 2 is 1.86 bits per heavy atom. The minimum Gasteiger partial charge on any atom is -0.493 e. The van der Waals surface area contributed by atoms with Gasteiger partial charge in [-0.2, -0.15) is 0 Å². The Bertz CT molecular complexity index is 808. The van der Waals surface area contributed by atoms with Crippen LogP contribution in [0.1, 0.15) is 17.3 Å². The molecule has 0 atom stereocenters. The first-order valence-corrected chi connectivity index (χ1v) is 10.3. The van der Waals surface area contributed by atoms with E-state index in [4.69, 9.17) is 21.1 Å². The monoisotopic (exact) mass is 417 g/mol. The van der Waals surface area contributed by atoms with Crippen LogP contribution in [0.3, 0.4) is 0 Å². The second-order valence-corrected chi connectivity index (χ2v) is 7.25. The predicted octanol–water partition coefficient (Wildman–Crippen LogP) is 3.30. The van der Waals surface area contributed by atoms with Crippen LogP contribution in [-0.2, 0) is 0 Å². The number of hydrogen-bond donors (Lipinski definition) is 1. The Labute approximate surface area is 177 Å². The molecule has 1 amide bonds. The van der Waals surface area contributed by atoms with E-state index in [1.807, 2.05) is 13.0 Å². The fourth-order valence-electron chi connectivity index (χ4n) is 3.43. The SMILES string of the molecule is CCOc1c(Cl)cc(C(=O)NCCN2CCN(c3ccccc3)CC2)cc1OC. The van der Waals surface area contributed by atoms with Crippen LogP contribution in [-0.4, -0.2) is 63.8 Å². The summed E-state index contributed by atoms with van der Waals surface area (Å²) >= 11 is 6.26. The molecule has 7 heteroatoms.